The van der Waals surface area contributed by atoms with E-state index >= 15 is 0 Å². The van der Waals surface area contributed by atoms with Gasteiger partial charge in [0.05, 0.1) is 0 Å². The molecular weight excluding hydrogens is 161 g/mol. The standard InChI is InChI=1S/C6H14.Y/c1-4-6(3)5-2;/h6H,4-5H2,1-3H3;. The predicted molar refractivity (Wildman–Crippen MR) is 29.7 cm³/mol. The first-order valence-corrected chi connectivity index (χ1v) is 2.81. The van der Waals surface area contributed by atoms with Crippen LogP contribution in [0, 0.1) is 5.92 Å². The van der Waals surface area contributed by atoms with Gasteiger partial charge in [0.1, 0.15) is 0 Å². The van der Waals surface area contributed by atoms with Gasteiger partial charge in [-0.2, -0.15) is 0 Å². The Hall–Kier alpha value is 1.10. The fraction of sp³-hybridized carbons (Fsp3) is 1.00. The van der Waals surface area contributed by atoms with Crippen molar-refractivity contribution in [3.63, 3.8) is 0 Å². The van der Waals surface area contributed by atoms with Crippen LogP contribution in [0.2, 0.25) is 0 Å². The maximum Gasteiger partial charge on any atom is 0 e. The Kier molecular flexibility index (Phi) is 11.1. The maximum absolute atomic E-state index is 2.28. The Balaban J connectivity index is 0. The second-order valence-electron chi connectivity index (χ2n) is 1.92. The summed E-state index contributed by atoms with van der Waals surface area (Å²) in [7, 11) is 0. The number of rotatable bonds is 2. The van der Waals surface area contributed by atoms with E-state index in [0.29, 0.717) is 0 Å². The van der Waals surface area contributed by atoms with E-state index in [-0.39, 0.29) is 32.7 Å². The quantitative estimate of drug-likeness (QED) is 0.604. The Morgan fingerprint density at radius 2 is 1.43 bits per heavy atom. The van der Waals surface area contributed by atoms with Crippen molar-refractivity contribution in [2.75, 3.05) is 0 Å². The molecule has 0 aliphatic carbocycles. The first-order valence-electron chi connectivity index (χ1n) is 2.81. The van der Waals surface area contributed by atoms with Crippen molar-refractivity contribution >= 4 is 0 Å². The Labute approximate surface area is 71.9 Å². The molecule has 0 amide bonds. The molecule has 41 valence electrons. The van der Waals surface area contributed by atoms with Crippen LogP contribution >= 0.6 is 0 Å². The smallest absolute Gasteiger partial charge is 0 e. The predicted octanol–water partition coefficient (Wildman–Crippen LogP) is 2.44. The fourth-order valence-electron chi connectivity index (χ4n) is 0.289. The van der Waals surface area contributed by atoms with Crippen LogP contribution in [0.25, 0.3) is 0 Å². The van der Waals surface area contributed by atoms with Gasteiger partial charge in [-0.25, -0.2) is 0 Å². The van der Waals surface area contributed by atoms with Crippen molar-refractivity contribution in [2.45, 2.75) is 33.6 Å². The largest absolute Gasteiger partial charge is 0.0651 e. The summed E-state index contributed by atoms with van der Waals surface area (Å²) in [6.07, 6.45) is 2.66. The van der Waals surface area contributed by atoms with Crippen molar-refractivity contribution in [1.82, 2.24) is 0 Å². The van der Waals surface area contributed by atoms with E-state index < -0.39 is 0 Å². The molecule has 0 spiro atoms. The van der Waals surface area contributed by atoms with E-state index in [1.807, 2.05) is 0 Å². The molecule has 0 aliphatic heterocycles. The maximum atomic E-state index is 2.28. The van der Waals surface area contributed by atoms with Gasteiger partial charge >= 0.3 is 0 Å². The van der Waals surface area contributed by atoms with Crippen molar-refractivity contribution < 1.29 is 32.7 Å². The van der Waals surface area contributed by atoms with Crippen LogP contribution in [0.3, 0.4) is 0 Å². The molecule has 1 radical (unpaired) electrons. The van der Waals surface area contributed by atoms with Crippen LogP contribution in [0.1, 0.15) is 33.6 Å². The second-order valence-corrected chi connectivity index (χ2v) is 1.92. The summed E-state index contributed by atoms with van der Waals surface area (Å²) in [5.41, 5.74) is 0. The van der Waals surface area contributed by atoms with Crippen LogP contribution in [0.15, 0.2) is 0 Å². The fourth-order valence-corrected chi connectivity index (χ4v) is 0.289. The molecule has 0 aliphatic rings. The average Bonchev–Trinajstić information content (AvgIpc) is 1.65. The summed E-state index contributed by atoms with van der Waals surface area (Å²) >= 11 is 0. The number of hydrogen-bond acceptors (Lipinski definition) is 0. The van der Waals surface area contributed by atoms with E-state index in [4.69, 9.17) is 0 Å². The van der Waals surface area contributed by atoms with Gasteiger partial charge in [-0.05, 0) is 5.92 Å². The van der Waals surface area contributed by atoms with Crippen LogP contribution in [0.5, 0.6) is 0 Å². The number of hydrogen-bond donors (Lipinski definition) is 0. The van der Waals surface area contributed by atoms with Crippen LogP contribution < -0.4 is 0 Å². The first kappa shape index (κ1) is 11.0. The normalized spacial score (nSPS) is 8.57. The van der Waals surface area contributed by atoms with Crippen LogP contribution in [-0.4, -0.2) is 0 Å². The van der Waals surface area contributed by atoms with E-state index in [0.717, 1.165) is 5.92 Å². The van der Waals surface area contributed by atoms with E-state index in [2.05, 4.69) is 20.8 Å². The zero-order valence-corrected chi connectivity index (χ0v) is 8.41. The second kappa shape index (κ2) is 7.10. The van der Waals surface area contributed by atoms with Gasteiger partial charge in [0.25, 0.3) is 0 Å². The zero-order chi connectivity index (χ0) is 4.99. The molecular formula is C6H14Y. The average molecular weight is 175 g/mol. The molecule has 0 saturated heterocycles. The van der Waals surface area contributed by atoms with Crippen molar-refractivity contribution in [3.8, 4) is 0 Å². The summed E-state index contributed by atoms with van der Waals surface area (Å²) in [4.78, 5) is 0. The molecule has 0 rings (SSSR count). The van der Waals surface area contributed by atoms with E-state index in [1.54, 1.807) is 0 Å². The van der Waals surface area contributed by atoms with Gasteiger partial charge in [-0.15, -0.1) is 0 Å². The Morgan fingerprint density at radius 3 is 1.43 bits per heavy atom. The van der Waals surface area contributed by atoms with Gasteiger partial charge in [0.2, 0.25) is 0 Å². The summed E-state index contributed by atoms with van der Waals surface area (Å²) in [5, 5.41) is 0. The molecule has 7 heavy (non-hydrogen) atoms. The minimum Gasteiger partial charge on any atom is -0.0651 e. The van der Waals surface area contributed by atoms with Gasteiger partial charge in [0.15, 0.2) is 0 Å². The van der Waals surface area contributed by atoms with Crippen LogP contribution in [0.4, 0.5) is 0 Å². The zero-order valence-electron chi connectivity index (χ0n) is 5.57. The molecule has 0 unspecified atom stereocenters. The summed E-state index contributed by atoms with van der Waals surface area (Å²) in [6.45, 7) is 6.74. The third-order valence-electron chi connectivity index (χ3n) is 1.39. The Bertz CT molecular complexity index is 23.4. The Morgan fingerprint density at radius 1 is 1.14 bits per heavy atom. The van der Waals surface area contributed by atoms with Gasteiger partial charge in [-0.3, -0.25) is 0 Å². The molecule has 0 nitrogen and oxygen atoms in total. The molecule has 0 N–H and O–H groups in total. The van der Waals surface area contributed by atoms with Gasteiger partial charge in [0, 0.05) is 32.7 Å². The van der Waals surface area contributed by atoms with Gasteiger partial charge in [-0.1, -0.05) is 33.6 Å². The van der Waals surface area contributed by atoms with Crippen molar-refractivity contribution in [3.05, 3.63) is 0 Å². The molecule has 0 aromatic carbocycles. The summed E-state index contributed by atoms with van der Waals surface area (Å²) < 4.78 is 0. The van der Waals surface area contributed by atoms with Crippen LogP contribution in [-0.2, 0) is 32.7 Å². The minimum absolute atomic E-state index is 0. The monoisotopic (exact) mass is 175 g/mol. The minimum atomic E-state index is 0. The molecule has 0 bridgehead atoms. The third-order valence-corrected chi connectivity index (χ3v) is 1.39. The van der Waals surface area contributed by atoms with Gasteiger partial charge < -0.3 is 0 Å². The molecule has 0 heterocycles. The van der Waals surface area contributed by atoms with Crippen molar-refractivity contribution in [1.29, 1.82) is 0 Å². The summed E-state index contributed by atoms with van der Waals surface area (Å²) in [5.74, 6) is 0.935. The molecule has 1 heteroatoms. The SMILES string of the molecule is CCC(C)CC.[Y]. The molecule has 0 atom stereocenters. The molecule has 0 fully saturated rings. The first-order chi connectivity index (χ1) is 2.81. The topological polar surface area (TPSA) is 0 Å². The summed E-state index contributed by atoms with van der Waals surface area (Å²) in [6, 6.07) is 0. The molecule has 0 aromatic heterocycles. The third kappa shape index (κ3) is 7.10. The van der Waals surface area contributed by atoms with Crippen molar-refractivity contribution in [2.24, 2.45) is 5.92 Å². The molecule has 0 saturated carbocycles. The van der Waals surface area contributed by atoms with E-state index in [1.165, 1.54) is 12.8 Å². The molecule has 0 aromatic rings. The van der Waals surface area contributed by atoms with E-state index in [9.17, 15) is 0 Å².